The Morgan fingerprint density at radius 3 is 2.20 bits per heavy atom. The third-order valence-electron chi connectivity index (χ3n) is 3.43. The zero-order valence-electron chi connectivity index (χ0n) is 11.7. The van der Waals surface area contributed by atoms with E-state index in [0.717, 1.165) is 17.0 Å². The number of nitrogens with zero attached hydrogens (tertiary/aromatic N) is 1. The Morgan fingerprint density at radius 2 is 1.70 bits per heavy atom. The number of hydrogen-bond donors (Lipinski definition) is 1. The molecule has 0 amide bonds. The standard InChI is InChI=1S/C16H19FN2O/c1-19(14-7-5-13(17)6-8-14)16(11-18)12-3-9-15(20-2)10-4-12/h3-10,16H,11,18H2,1-2H3. The van der Waals surface area contributed by atoms with E-state index in [2.05, 4.69) is 0 Å². The van der Waals surface area contributed by atoms with Gasteiger partial charge in [-0.3, -0.25) is 0 Å². The third kappa shape index (κ3) is 3.08. The van der Waals surface area contributed by atoms with Crippen LogP contribution in [0.5, 0.6) is 5.75 Å². The van der Waals surface area contributed by atoms with Crippen LogP contribution in [0.4, 0.5) is 10.1 Å². The van der Waals surface area contributed by atoms with E-state index in [1.54, 1.807) is 19.2 Å². The van der Waals surface area contributed by atoms with Crippen molar-refractivity contribution in [1.82, 2.24) is 0 Å². The number of likely N-dealkylation sites (N-methyl/N-ethyl adjacent to an activating group) is 1. The molecule has 0 heterocycles. The minimum Gasteiger partial charge on any atom is -0.497 e. The van der Waals surface area contributed by atoms with Crippen LogP contribution >= 0.6 is 0 Å². The van der Waals surface area contributed by atoms with E-state index in [4.69, 9.17) is 10.5 Å². The summed E-state index contributed by atoms with van der Waals surface area (Å²) in [5, 5.41) is 0. The van der Waals surface area contributed by atoms with Gasteiger partial charge in [0.2, 0.25) is 0 Å². The van der Waals surface area contributed by atoms with Gasteiger partial charge in [0.1, 0.15) is 11.6 Å². The first kappa shape index (κ1) is 14.3. The molecule has 2 N–H and O–H groups in total. The molecule has 0 aromatic heterocycles. The summed E-state index contributed by atoms with van der Waals surface area (Å²) in [4.78, 5) is 2.04. The van der Waals surface area contributed by atoms with Crippen LogP contribution in [-0.4, -0.2) is 20.7 Å². The van der Waals surface area contributed by atoms with Gasteiger partial charge >= 0.3 is 0 Å². The molecule has 4 heteroatoms. The van der Waals surface area contributed by atoms with Gasteiger partial charge in [-0.15, -0.1) is 0 Å². The average Bonchev–Trinajstić information content (AvgIpc) is 2.49. The van der Waals surface area contributed by atoms with Crippen molar-refractivity contribution < 1.29 is 9.13 Å². The molecule has 1 unspecified atom stereocenters. The number of rotatable bonds is 5. The zero-order valence-corrected chi connectivity index (χ0v) is 11.7. The maximum absolute atomic E-state index is 13.0. The molecule has 2 rings (SSSR count). The van der Waals surface area contributed by atoms with E-state index in [0.29, 0.717) is 6.54 Å². The number of anilines is 1. The van der Waals surface area contributed by atoms with Crippen molar-refractivity contribution in [3.05, 3.63) is 59.9 Å². The van der Waals surface area contributed by atoms with Gasteiger partial charge in [-0.1, -0.05) is 12.1 Å². The molecule has 0 fully saturated rings. The number of halogens is 1. The maximum Gasteiger partial charge on any atom is 0.123 e. The van der Waals surface area contributed by atoms with Crippen LogP contribution in [0.15, 0.2) is 48.5 Å². The average molecular weight is 274 g/mol. The fraction of sp³-hybridized carbons (Fsp3) is 0.250. The van der Waals surface area contributed by atoms with E-state index in [9.17, 15) is 4.39 Å². The summed E-state index contributed by atoms with van der Waals surface area (Å²) in [6.45, 7) is 0.472. The summed E-state index contributed by atoms with van der Waals surface area (Å²) in [6.07, 6.45) is 0. The number of methoxy groups -OCH3 is 1. The fourth-order valence-corrected chi connectivity index (χ4v) is 2.20. The van der Waals surface area contributed by atoms with Gasteiger partial charge in [0, 0.05) is 19.3 Å². The minimum atomic E-state index is -0.240. The smallest absolute Gasteiger partial charge is 0.123 e. The lowest BCUT2D eigenvalue weighted by atomic mass is 10.0. The Bertz CT molecular complexity index is 539. The fourth-order valence-electron chi connectivity index (χ4n) is 2.20. The number of hydrogen-bond acceptors (Lipinski definition) is 3. The molecule has 0 bridgehead atoms. The molecule has 0 aliphatic carbocycles. The summed E-state index contributed by atoms with van der Waals surface area (Å²) >= 11 is 0. The molecule has 1 atom stereocenters. The molecule has 0 aliphatic heterocycles. The van der Waals surface area contributed by atoms with Gasteiger partial charge in [-0.25, -0.2) is 4.39 Å². The van der Waals surface area contributed by atoms with Crippen LogP contribution in [0, 0.1) is 5.82 Å². The van der Waals surface area contributed by atoms with Gasteiger partial charge in [0.05, 0.1) is 13.2 Å². The number of benzene rings is 2. The maximum atomic E-state index is 13.0. The predicted octanol–water partition coefficient (Wildman–Crippen LogP) is 2.97. The second-order valence-corrected chi connectivity index (χ2v) is 4.61. The largest absolute Gasteiger partial charge is 0.497 e. The van der Waals surface area contributed by atoms with Crippen LogP contribution in [0.1, 0.15) is 11.6 Å². The summed E-state index contributed by atoms with van der Waals surface area (Å²) in [7, 11) is 3.59. The number of ether oxygens (including phenoxy) is 1. The van der Waals surface area contributed by atoms with E-state index < -0.39 is 0 Å². The van der Waals surface area contributed by atoms with Gasteiger partial charge in [0.25, 0.3) is 0 Å². The van der Waals surface area contributed by atoms with Gasteiger partial charge in [-0.2, -0.15) is 0 Å². The SMILES string of the molecule is COc1ccc(C(CN)N(C)c2ccc(F)cc2)cc1. The van der Waals surface area contributed by atoms with Gasteiger partial charge in [0.15, 0.2) is 0 Å². The first-order valence-corrected chi connectivity index (χ1v) is 6.48. The molecule has 106 valence electrons. The highest BCUT2D eigenvalue weighted by molar-refractivity contribution is 5.48. The second kappa shape index (κ2) is 6.39. The van der Waals surface area contributed by atoms with Crippen molar-refractivity contribution >= 4 is 5.69 Å². The van der Waals surface area contributed by atoms with Crippen LogP contribution in [-0.2, 0) is 0 Å². The Balaban J connectivity index is 2.23. The Labute approximate surface area is 118 Å². The molecule has 20 heavy (non-hydrogen) atoms. The summed E-state index contributed by atoms with van der Waals surface area (Å²) < 4.78 is 18.1. The van der Waals surface area contributed by atoms with Crippen molar-refractivity contribution in [2.45, 2.75) is 6.04 Å². The first-order valence-electron chi connectivity index (χ1n) is 6.48. The Hall–Kier alpha value is -2.07. The van der Waals surface area contributed by atoms with Gasteiger partial charge in [-0.05, 0) is 42.0 Å². The van der Waals surface area contributed by atoms with Gasteiger partial charge < -0.3 is 15.4 Å². The van der Waals surface area contributed by atoms with Crippen molar-refractivity contribution in [1.29, 1.82) is 0 Å². The van der Waals surface area contributed by atoms with E-state index >= 15 is 0 Å². The zero-order chi connectivity index (χ0) is 14.5. The molecule has 2 aromatic rings. The molecule has 0 radical (unpaired) electrons. The summed E-state index contributed by atoms with van der Waals surface area (Å²) in [5.41, 5.74) is 7.92. The minimum absolute atomic E-state index is 0.0337. The highest BCUT2D eigenvalue weighted by Gasteiger charge is 2.16. The second-order valence-electron chi connectivity index (χ2n) is 4.61. The van der Waals surface area contributed by atoms with Crippen molar-refractivity contribution in [2.75, 3.05) is 25.6 Å². The quantitative estimate of drug-likeness (QED) is 0.911. The predicted molar refractivity (Wildman–Crippen MR) is 79.6 cm³/mol. The van der Waals surface area contributed by atoms with Crippen molar-refractivity contribution in [3.63, 3.8) is 0 Å². The van der Waals surface area contributed by atoms with Crippen LogP contribution in [0.25, 0.3) is 0 Å². The van der Waals surface area contributed by atoms with E-state index in [1.807, 2.05) is 36.2 Å². The van der Waals surface area contributed by atoms with E-state index in [-0.39, 0.29) is 11.9 Å². The molecule has 0 spiro atoms. The molecule has 0 saturated heterocycles. The number of nitrogens with two attached hydrogens (primary N) is 1. The lowest BCUT2D eigenvalue weighted by Gasteiger charge is -2.29. The third-order valence-corrected chi connectivity index (χ3v) is 3.43. The molecular formula is C16H19FN2O. The molecule has 3 nitrogen and oxygen atoms in total. The Kier molecular flexibility index (Phi) is 4.58. The van der Waals surface area contributed by atoms with E-state index in [1.165, 1.54) is 12.1 Å². The highest BCUT2D eigenvalue weighted by atomic mass is 19.1. The Morgan fingerprint density at radius 1 is 1.10 bits per heavy atom. The molecular weight excluding hydrogens is 255 g/mol. The van der Waals surface area contributed by atoms with Crippen LogP contribution < -0.4 is 15.4 Å². The van der Waals surface area contributed by atoms with Crippen LogP contribution in [0.3, 0.4) is 0 Å². The normalized spacial score (nSPS) is 12.0. The molecule has 0 aliphatic rings. The lowest BCUT2D eigenvalue weighted by molar-refractivity contribution is 0.414. The monoisotopic (exact) mass is 274 g/mol. The lowest BCUT2D eigenvalue weighted by Crippen LogP contribution is -2.30. The van der Waals surface area contributed by atoms with Crippen LogP contribution in [0.2, 0.25) is 0 Å². The van der Waals surface area contributed by atoms with Crippen molar-refractivity contribution in [3.8, 4) is 5.75 Å². The molecule has 2 aromatic carbocycles. The van der Waals surface area contributed by atoms with Crippen molar-refractivity contribution in [2.24, 2.45) is 5.73 Å². The summed E-state index contributed by atoms with van der Waals surface area (Å²) in [5.74, 6) is 0.574. The topological polar surface area (TPSA) is 38.5 Å². The summed E-state index contributed by atoms with van der Waals surface area (Å²) in [6, 6.07) is 14.3. The first-order chi connectivity index (χ1) is 9.65. The highest BCUT2D eigenvalue weighted by Crippen LogP contribution is 2.26. The molecule has 0 saturated carbocycles.